The Balaban J connectivity index is 1.89. The Hall–Kier alpha value is -1.66. The molecule has 0 aliphatic carbocycles. The van der Waals surface area contributed by atoms with Crippen LogP contribution in [0, 0.1) is 13.8 Å². The van der Waals surface area contributed by atoms with Gasteiger partial charge in [0.1, 0.15) is 0 Å². The number of nitrogens with zero attached hydrogens (tertiary/aromatic N) is 3. The first-order chi connectivity index (χ1) is 10.5. The summed E-state index contributed by atoms with van der Waals surface area (Å²) in [5.41, 5.74) is 2.86. The molecule has 6 heteroatoms. The van der Waals surface area contributed by atoms with Gasteiger partial charge in [-0.15, -0.1) is 0 Å². The van der Waals surface area contributed by atoms with Crippen LogP contribution in [0.1, 0.15) is 30.7 Å². The molecule has 1 aromatic carbocycles. The fraction of sp³-hybridized carbons (Fsp3) is 0.438. The molecule has 1 fully saturated rings. The molecule has 0 bridgehead atoms. The van der Waals surface area contributed by atoms with E-state index in [0.717, 1.165) is 36.3 Å². The van der Waals surface area contributed by atoms with Gasteiger partial charge in [-0.25, -0.2) is 13.1 Å². The van der Waals surface area contributed by atoms with Crippen molar-refractivity contribution in [2.45, 2.75) is 38.0 Å². The van der Waals surface area contributed by atoms with E-state index in [1.54, 1.807) is 16.4 Å². The predicted octanol–water partition coefficient (Wildman–Crippen LogP) is 2.66. The summed E-state index contributed by atoms with van der Waals surface area (Å²) in [7, 11) is -3.36. The second kappa shape index (κ2) is 5.85. The van der Waals surface area contributed by atoms with Crippen LogP contribution >= 0.6 is 0 Å². The van der Waals surface area contributed by atoms with E-state index in [0.29, 0.717) is 18.0 Å². The van der Waals surface area contributed by atoms with Crippen molar-refractivity contribution in [1.82, 2.24) is 14.1 Å². The monoisotopic (exact) mass is 319 g/mol. The minimum atomic E-state index is -3.36. The van der Waals surface area contributed by atoms with Crippen molar-refractivity contribution in [3.63, 3.8) is 0 Å². The average molecular weight is 319 g/mol. The minimum absolute atomic E-state index is 0.361. The zero-order valence-corrected chi connectivity index (χ0v) is 13.8. The number of benzene rings is 1. The first-order valence-electron chi connectivity index (χ1n) is 7.62. The lowest BCUT2D eigenvalue weighted by Crippen LogP contribution is -2.35. The zero-order valence-electron chi connectivity index (χ0n) is 13.0. The maximum Gasteiger partial charge on any atom is 0.243 e. The molecule has 2 heterocycles. The molecule has 1 aromatic heterocycles. The Labute approximate surface area is 131 Å². The van der Waals surface area contributed by atoms with Crippen LogP contribution in [-0.4, -0.2) is 35.6 Å². The summed E-state index contributed by atoms with van der Waals surface area (Å²) in [5.74, 6) is 0. The van der Waals surface area contributed by atoms with Gasteiger partial charge in [-0.2, -0.15) is 9.40 Å². The van der Waals surface area contributed by atoms with Crippen LogP contribution in [0.15, 0.2) is 35.2 Å². The van der Waals surface area contributed by atoms with Crippen molar-refractivity contribution in [3.8, 4) is 5.69 Å². The smallest absolute Gasteiger partial charge is 0.238 e. The van der Waals surface area contributed by atoms with Crippen molar-refractivity contribution in [2.75, 3.05) is 13.1 Å². The highest BCUT2D eigenvalue weighted by Gasteiger charge is 2.25. The summed E-state index contributed by atoms with van der Waals surface area (Å²) in [6.07, 6.45) is 3.01. The molecule has 2 aromatic rings. The van der Waals surface area contributed by atoms with Crippen LogP contribution in [0.2, 0.25) is 0 Å². The lowest BCUT2D eigenvalue weighted by molar-refractivity contribution is 0.346. The summed E-state index contributed by atoms with van der Waals surface area (Å²) in [5, 5.41) is 4.42. The first kappa shape index (κ1) is 15.2. The maximum atomic E-state index is 12.6. The van der Waals surface area contributed by atoms with Gasteiger partial charge in [0.2, 0.25) is 10.0 Å². The molecule has 0 amide bonds. The lowest BCUT2D eigenvalue weighted by Gasteiger charge is -2.25. The molecule has 1 saturated heterocycles. The molecule has 1 aliphatic heterocycles. The van der Waals surface area contributed by atoms with E-state index in [4.69, 9.17) is 0 Å². The Morgan fingerprint density at radius 2 is 1.64 bits per heavy atom. The molecular weight excluding hydrogens is 298 g/mol. The second-order valence-corrected chi connectivity index (χ2v) is 7.74. The topological polar surface area (TPSA) is 55.2 Å². The molecule has 0 atom stereocenters. The van der Waals surface area contributed by atoms with Crippen LogP contribution in [0.5, 0.6) is 0 Å². The molecule has 22 heavy (non-hydrogen) atoms. The van der Waals surface area contributed by atoms with Gasteiger partial charge in [0, 0.05) is 18.8 Å². The number of rotatable bonds is 3. The van der Waals surface area contributed by atoms with Crippen LogP contribution in [0.3, 0.4) is 0 Å². The summed E-state index contributed by atoms with van der Waals surface area (Å²) < 4.78 is 28.6. The maximum absolute atomic E-state index is 12.6. The largest absolute Gasteiger partial charge is 0.243 e. The molecule has 5 nitrogen and oxygen atoms in total. The third-order valence-electron chi connectivity index (χ3n) is 4.04. The van der Waals surface area contributed by atoms with Gasteiger partial charge in [0.15, 0.2) is 0 Å². The van der Waals surface area contributed by atoms with Crippen LogP contribution in [-0.2, 0) is 10.0 Å². The molecular formula is C16H21N3O2S. The fourth-order valence-corrected chi connectivity index (χ4v) is 4.42. The van der Waals surface area contributed by atoms with Gasteiger partial charge < -0.3 is 0 Å². The summed E-state index contributed by atoms with van der Waals surface area (Å²) in [6.45, 7) is 5.18. The van der Waals surface area contributed by atoms with Gasteiger partial charge >= 0.3 is 0 Å². The SMILES string of the molecule is Cc1cc(C)n(-c2ccc(S(=O)(=O)N3CCCCC3)cc2)n1. The standard InChI is InChI=1S/C16H21N3O2S/c1-13-12-14(2)19(17-13)15-6-8-16(9-7-15)22(20,21)18-10-4-3-5-11-18/h6-9,12H,3-5,10-11H2,1-2H3. The Morgan fingerprint density at radius 3 is 2.18 bits per heavy atom. The molecule has 0 N–H and O–H groups in total. The molecule has 3 rings (SSSR count). The van der Waals surface area contributed by atoms with E-state index in [1.807, 2.05) is 36.7 Å². The van der Waals surface area contributed by atoms with Gasteiger partial charge in [0.25, 0.3) is 0 Å². The normalized spacial score (nSPS) is 16.8. The minimum Gasteiger partial charge on any atom is -0.238 e. The highest BCUT2D eigenvalue weighted by molar-refractivity contribution is 7.89. The van der Waals surface area contributed by atoms with E-state index in [1.165, 1.54) is 0 Å². The highest BCUT2D eigenvalue weighted by Crippen LogP contribution is 2.22. The van der Waals surface area contributed by atoms with E-state index in [2.05, 4.69) is 5.10 Å². The Morgan fingerprint density at radius 1 is 1.00 bits per heavy atom. The number of hydrogen-bond donors (Lipinski definition) is 0. The lowest BCUT2D eigenvalue weighted by atomic mass is 10.2. The number of hydrogen-bond acceptors (Lipinski definition) is 3. The molecule has 0 spiro atoms. The number of aromatic nitrogens is 2. The zero-order chi connectivity index (χ0) is 15.7. The Bertz CT molecular complexity index is 757. The van der Waals surface area contributed by atoms with Gasteiger partial charge in [0.05, 0.1) is 16.3 Å². The summed E-state index contributed by atoms with van der Waals surface area (Å²) in [6, 6.07) is 8.98. The van der Waals surface area contributed by atoms with E-state index >= 15 is 0 Å². The molecule has 0 radical (unpaired) electrons. The van der Waals surface area contributed by atoms with Crippen LogP contribution < -0.4 is 0 Å². The second-order valence-electron chi connectivity index (χ2n) is 5.80. The van der Waals surface area contributed by atoms with Crippen molar-refractivity contribution in [3.05, 3.63) is 41.7 Å². The van der Waals surface area contributed by atoms with E-state index < -0.39 is 10.0 Å². The van der Waals surface area contributed by atoms with Crippen molar-refractivity contribution < 1.29 is 8.42 Å². The van der Waals surface area contributed by atoms with Crippen LogP contribution in [0.4, 0.5) is 0 Å². The first-order valence-corrected chi connectivity index (χ1v) is 9.06. The van der Waals surface area contributed by atoms with Gasteiger partial charge in [-0.05, 0) is 57.0 Å². The van der Waals surface area contributed by atoms with Crippen molar-refractivity contribution in [2.24, 2.45) is 0 Å². The molecule has 0 saturated carbocycles. The van der Waals surface area contributed by atoms with Crippen molar-refractivity contribution in [1.29, 1.82) is 0 Å². The quantitative estimate of drug-likeness (QED) is 0.874. The molecule has 118 valence electrons. The van der Waals surface area contributed by atoms with Crippen LogP contribution in [0.25, 0.3) is 5.69 Å². The van der Waals surface area contributed by atoms with E-state index in [-0.39, 0.29) is 0 Å². The fourth-order valence-electron chi connectivity index (χ4n) is 2.90. The summed E-state index contributed by atoms with van der Waals surface area (Å²) >= 11 is 0. The number of sulfonamides is 1. The predicted molar refractivity (Wildman–Crippen MR) is 85.6 cm³/mol. The van der Waals surface area contributed by atoms with Crippen molar-refractivity contribution >= 4 is 10.0 Å². The number of piperidine rings is 1. The third kappa shape index (κ3) is 2.80. The van der Waals surface area contributed by atoms with Gasteiger partial charge in [-0.3, -0.25) is 0 Å². The van der Waals surface area contributed by atoms with E-state index in [9.17, 15) is 8.42 Å². The molecule has 1 aliphatic rings. The Kier molecular flexibility index (Phi) is 4.06. The summed E-state index contributed by atoms with van der Waals surface area (Å²) in [4.78, 5) is 0.361. The third-order valence-corrected chi connectivity index (χ3v) is 5.96. The average Bonchev–Trinajstić information content (AvgIpc) is 2.87. The molecule has 0 unspecified atom stereocenters. The van der Waals surface area contributed by atoms with Gasteiger partial charge in [-0.1, -0.05) is 6.42 Å². The highest BCUT2D eigenvalue weighted by atomic mass is 32.2. The number of aryl methyl sites for hydroxylation is 2.